The number of hydrogen-bond donors (Lipinski definition) is 1. The number of benzene rings is 1. The molecule has 0 aliphatic carbocycles. The molecule has 0 saturated carbocycles. The molecule has 1 atom stereocenters. The van der Waals surface area contributed by atoms with Gasteiger partial charge < -0.3 is 10.5 Å². The van der Waals surface area contributed by atoms with E-state index in [1.807, 2.05) is 0 Å². The lowest BCUT2D eigenvalue weighted by atomic mass is 10.1. The number of halogens is 1. The van der Waals surface area contributed by atoms with Gasteiger partial charge >= 0.3 is 0 Å². The summed E-state index contributed by atoms with van der Waals surface area (Å²) in [5, 5.41) is 0. The fourth-order valence-corrected chi connectivity index (χ4v) is 2.23. The van der Waals surface area contributed by atoms with Crippen LogP contribution in [0.2, 0.25) is 0 Å². The third-order valence-electron chi connectivity index (χ3n) is 3.19. The van der Waals surface area contributed by atoms with Crippen molar-refractivity contribution >= 4 is 12.4 Å². The standard InChI is InChI=1S/C13H20N2O.ClH/c1-10-3-4-11(7-13(10)16-2)8-15-6-5-12(14)9-15;/h3-4,7,12H,5-6,8-9,14H2,1-2H3;1H/t12-;/m1./s1. The summed E-state index contributed by atoms with van der Waals surface area (Å²) in [6.45, 7) is 5.16. The number of rotatable bonds is 3. The van der Waals surface area contributed by atoms with E-state index < -0.39 is 0 Å². The molecule has 0 unspecified atom stereocenters. The lowest BCUT2D eigenvalue weighted by molar-refractivity contribution is 0.326. The molecule has 0 spiro atoms. The minimum Gasteiger partial charge on any atom is -0.496 e. The first kappa shape index (κ1) is 14.3. The Kier molecular flexibility index (Phi) is 5.25. The number of ether oxygens (including phenoxy) is 1. The van der Waals surface area contributed by atoms with Crippen molar-refractivity contribution < 1.29 is 4.74 Å². The smallest absolute Gasteiger partial charge is 0.122 e. The van der Waals surface area contributed by atoms with E-state index in [4.69, 9.17) is 10.5 Å². The highest BCUT2D eigenvalue weighted by atomic mass is 35.5. The fraction of sp³-hybridized carbons (Fsp3) is 0.538. The second-order valence-electron chi connectivity index (χ2n) is 4.59. The van der Waals surface area contributed by atoms with E-state index in [0.717, 1.165) is 31.8 Å². The molecule has 3 nitrogen and oxygen atoms in total. The summed E-state index contributed by atoms with van der Waals surface area (Å²) in [4.78, 5) is 2.40. The van der Waals surface area contributed by atoms with Crippen LogP contribution in [0.4, 0.5) is 0 Å². The predicted molar refractivity (Wildman–Crippen MR) is 72.8 cm³/mol. The van der Waals surface area contributed by atoms with E-state index in [2.05, 4.69) is 30.0 Å². The molecular formula is C13H21ClN2O. The van der Waals surface area contributed by atoms with Crippen molar-refractivity contribution in [1.82, 2.24) is 4.90 Å². The van der Waals surface area contributed by atoms with Crippen LogP contribution < -0.4 is 10.5 Å². The molecule has 0 amide bonds. The third kappa shape index (κ3) is 3.60. The molecule has 1 aliphatic rings. The lowest BCUT2D eigenvalue weighted by Crippen LogP contribution is -2.26. The van der Waals surface area contributed by atoms with Crippen molar-refractivity contribution in [3.05, 3.63) is 29.3 Å². The van der Waals surface area contributed by atoms with Crippen LogP contribution in [0, 0.1) is 6.92 Å². The van der Waals surface area contributed by atoms with Crippen molar-refractivity contribution in [2.45, 2.75) is 25.9 Å². The normalized spacial score (nSPS) is 20.1. The highest BCUT2D eigenvalue weighted by Crippen LogP contribution is 2.21. The van der Waals surface area contributed by atoms with Crippen molar-refractivity contribution in [1.29, 1.82) is 0 Å². The van der Waals surface area contributed by atoms with Gasteiger partial charge in [0.1, 0.15) is 5.75 Å². The van der Waals surface area contributed by atoms with Crippen LogP contribution in [0.15, 0.2) is 18.2 Å². The Morgan fingerprint density at radius 1 is 1.47 bits per heavy atom. The summed E-state index contributed by atoms with van der Waals surface area (Å²) in [6.07, 6.45) is 1.11. The average molecular weight is 257 g/mol. The molecule has 0 radical (unpaired) electrons. The Morgan fingerprint density at radius 2 is 2.24 bits per heavy atom. The van der Waals surface area contributed by atoms with Crippen molar-refractivity contribution in [2.75, 3.05) is 20.2 Å². The van der Waals surface area contributed by atoms with Gasteiger partial charge in [-0.3, -0.25) is 4.90 Å². The van der Waals surface area contributed by atoms with E-state index in [0.29, 0.717) is 6.04 Å². The second-order valence-corrected chi connectivity index (χ2v) is 4.59. The molecule has 1 aromatic rings. The number of nitrogens with zero attached hydrogens (tertiary/aromatic N) is 1. The molecule has 1 saturated heterocycles. The molecule has 1 aromatic carbocycles. The Hall–Kier alpha value is -0.770. The Labute approximate surface area is 109 Å². The molecule has 2 N–H and O–H groups in total. The van der Waals surface area contributed by atoms with E-state index in [9.17, 15) is 0 Å². The van der Waals surface area contributed by atoms with Crippen molar-refractivity contribution in [3.8, 4) is 5.75 Å². The third-order valence-corrected chi connectivity index (χ3v) is 3.19. The Bertz CT molecular complexity index is 370. The summed E-state index contributed by atoms with van der Waals surface area (Å²) in [5.41, 5.74) is 8.38. The average Bonchev–Trinajstić information content (AvgIpc) is 2.67. The molecule has 1 fully saturated rings. The van der Waals surface area contributed by atoms with Gasteiger partial charge in [-0.2, -0.15) is 0 Å². The zero-order valence-corrected chi connectivity index (χ0v) is 11.3. The van der Waals surface area contributed by atoms with Gasteiger partial charge in [0.05, 0.1) is 7.11 Å². The minimum absolute atomic E-state index is 0. The maximum Gasteiger partial charge on any atom is 0.122 e. The second kappa shape index (κ2) is 6.24. The summed E-state index contributed by atoms with van der Waals surface area (Å²) >= 11 is 0. The molecule has 1 heterocycles. The summed E-state index contributed by atoms with van der Waals surface area (Å²) in [7, 11) is 1.72. The zero-order valence-electron chi connectivity index (χ0n) is 10.5. The maximum absolute atomic E-state index is 5.89. The number of likely N-dealkylation sites (tertiary alicyclic amines) is 1. The minimum atomic E-state index is 0. The van der Waals surface area contributed by atoms with Crippen LogP contribution in [-0.2, 0) is 6.54 Å². The van der Waals surface area contributed by atoms with Gasteiger partial charge in [-0.05, 0) is 30.5 Å². The van der Waals surface area contributed by atoms with Crippen LogP contribution in [-0.4, -0.2) is 31.1 Å². The Balaban J connectivity index is 0.00000144. The van der Waals surface area contributed by atoms with Crippen LogP contribution in [0.1, 0.15) is 17.5 Å². The number of aryl methyl sites for hydroxylation is 1. The summed E-state index contributed by atoms with van der Waals surface area (Å²) in [6, 6.07) is 6.76. The molecule has 0 bridgehead atoms. The first-order valence-corrected chi connectivity index (χ1v) is 5.80. The zero-order chi connectivity index (χ0) is 11.5. The summed E-state index contributed by atoms with van der Waals surface area (Å²) < 4.78 is 5.33. The van der Waals surface area contributed by atoms with E-state index >= 15 is 0 Å². The fourth-order valence-electron chi connectivity index (χ4n) is 2.23. The van der Waals surface area contributed by atoms with Crippen molar-refractivity contribution in [3.63, 3.8) is 0 Å². The highest BCUT2D eigenvalue weighted by molar-refractivity contribution is 5.85. The molecule has 4 heteroatoms. The molecular weight excluding hydrogens is 236 g/mol. The van der Waals surface area contributed by atoms with Crippen LogP contribution in [0.25, 0.3) is 0 Å². The monoisotopic (exact) mass is 256 g/mol. The van der Waals surface area contributed by atoms with Crippen LogP contribution >= 0.6 is 12.4 Å². The number of hydrogen-bond acceptors (Lipinski definition) is 3. The SMILES string of the molecule is COc1cc(CN2CC[C@@H](N)C2)ccc1C.Cl. The van der Waals surface area contributed by atoms with Gasteiger partial charge in [0.15, 0.2) is 0 Å². The lowest BCUT2D eigenvalue weighted by Gasteiger charge is -2.16. The summed E-state index contributed by atoms with van der Waals surface area (Å²) in [5.74, 6) is 0.973. The largest absolute Gasteiger partial charge is 0.496 e. The van der Waals surface area contributed by atoms with Gasteiger partial charge in [0.25, 0.3) is 0 Å². The van der Waals surface area contributed by atoms with Gasteiger partial charge in [-0.25, -0.2) is 0 Å². The molecule has 0 aromatic heterocycles. The highest BCUT2D eigenvalue weighted by Gasteiger charge is 2.18. The van der Waals surface area contributed by atoms with E-state index in [1.165, 1.54) is 11.1 Å². The first-order valence-electron chi connectivity index (χ1n) is 5.80. The number of nitrogens with two attached hydrogens (primary N) is 1. The van der Waals surface area contributed by atoms with Gasteiger partial charge in [0, 0.05) is 25.7 Å². The Morgan fingerprint density at radius 3 is 2.82 bits per heavy atom. The molecule has 17 heavy (non-hydrogen) atoms. The van der Waals surface area contributed by atoms with Crippen LogP contribution in [0.3, 0.4) is 0 Å². The first-order chi connectivity index (χ1) is 7.69. The number of methoxy groups -OCH3 is 1. The van der Waals surface area contributed by atoms with Gasteiger partial charge in [0.2, 0.25) is 0 Å². The van der Waals surface area contributed by atoms with Crippen molar-refractivity contribution in [2.24, 2.45) is 5.73 Å². The predicted octanol–water partition coefficient (Wildman–Crippen LogP) is 1.96. The topological polar surface area (TPSA) is 38.5 Å². The quantitative estimate of drug-likeness (QED) is 0.899. The molecule has 1 aliphatic heterocycles. The molecule has 96 valence electrons. The maximum atomic E-state index is 5.89. The van der Waals surface area contributed by atoms with Gasteiger partial charge in [-0.15, -0.1) is 12.4 Å². The van der Waals surface area contributed by atoms with E-state index in [1.54, 1.807) is 7.11 Å². The van der Waals surface area contributed by atoms with Crippen LogP contribution in [0.5, 0.6) is 5.75 Å². The van der Waals surface area contributed by atoms with Gasteiger partial charge in [-0.1, -0.05) is 12.1 Å². The molecule has 2 rings (SSSR count). The van der Waals surface area contributed by atoms with E-state index in [-0.39, 0.29) is 12.4 Å².